The maximum atomic E-state index is 15.7. The molecule has 3 aliphatic rings. The molecule has 1 atom stereocenters. The van der Waals surface area contributed by atoms with Crippen molar-refractivity contribution in [3.05, 3.63) is 45.1 Å². The summed E-state index contributed by atoms with van der Waals surface area (Å²) in [5.41, 5.74) is 1.44. The molecule has 0 aromatic carbocycles. The summed E-state index contributed by atoms with van der Waals surface area (Å²) in [6.45, 7) is 10.3. The number of pyridine rings is 2. The van der Waals surface area contributed by atoms with Gasteiger partial charge in [-0.1, -0.05) is 0 Å². The summed E-state index contributed by atoms with van der Waals surface area (Å²) >= 11 is 0. The molecule has 3 fully saturated rings. The summed E-state index contributed by atoms with van der Waals surface area (Å²) in [4.78, 5) is 42.5. The van der Waals surface area contributed by atoms with Crippen molar-refractivity contribution in [1.82, 2.24) is 9.30 Å². The van der Waals surface area contributed by atoms with Gasteiger partial charge in [0.2, 0.25) is 0 Å². The van der Waals surface area contributed by atoms with Gasteiger partial charge in [0.1, 0.15) is 11.2 Å². The third-order valence-corrected chi connectivity index (χ3v) is 7.37. The Morgan fingerprint density at radius 1 is 1.14 bits per heavy atom. The first-order chi connectivity index (χ1) is 17.5. The molecule has 9 heteroatoms. The van der Waals surface area contributed by atoms with E-state index >= 15 is 4.39 Å². The highest BCUT2D eigenvalue weighted by molar-refractivity contribution is 5.90. The van der Waals surface area contributed by atoms with Crippen molar-refractivity contribution < 1.29 is 23.5 Å². The van der Waals surface area contributed by atoms with Crippen LogP contribution in [0.5, 0.6) is 0 Å². The number of aromatic nitrogens is 1. The number of nitrogens with zero attached hydrogens (tertiary/aromatic N) is 3. The molecule has 37 heavy (non-hydrogen) atoms. The minimum atomic E-state index is -0.685. The number of carbonyl (C=O) groups excluding carboxylic acids is 2. The maximum Gasteiger partial charge on any atom is 0.410 e. The van der Waals surface area contributed by atoms with E-state index in [1.807, 2.05) is 37.5 Å². The molecule has 0 spiro atoms. The summed E-state index contributed by atoms with van der Waals surface area (Å²) in [6, 6.07) is 1.74. The lowest BCUT2D eigenvalue weighted by molar-refractivity contribution is 0.0158. The van der Waals surface area contributed by atoms with E-state index in [9.17, 15) is 14.4 Å². The Labute approximate surface area is 216 Å². The van der Waals surface area contributed by atoms with Gasteiger partial charge in [0.25, 0.3) is 5.56 Å². The number of rotatable bonds is 6. The molecule has 1 saturated heterocycles. The lowest BCUT2D eigenvalue weighted by atomic mass is 10.0. The highest BCUT2D eigenvalue weighted by atomic mass is 19.1. The SMILES string of the molecule is CCOC(=O)c1cc(C2CC2)c2c(C)c(N3CCC(N(C(=O)OC(C)(C)C)C4CC4)C3)c(F)cn2c1=O. The molecule has 2 aliphatic carbocycles. The molecular formula is C28H36FN3O5. The first kappa shape index (κ1) is 25.5. The van der Waals surface area contributed by atoms with Gasteiger partial charge in [0, 0.05) is 19.1 Å². The van der Waals surface area contributed by atoms with Crippen LogP contribution in [0.25, 0.3) is 5.52 Å². The van der Waals surface area contributed by atoms with Crippen molar-refractivity contribution in [3.8, 4) is 0 Å². The zero-order chi connectivity index (χ0) is 26.6. The third-order valence-electron chi connectivity index (χ3n) is 7.37. The van der Waals surface area contributed by atoms with Crippen molar-refractivity contribution in [1.29, 1.82) is 0 Å². The number of amides is 1. The molecule has 2 saturated carbocycles. The smallest absolute Gasteiger partial charge is 0.410 e. The molecule has 1 aliphatic heterocycles. The van der Waals surface area contributed by atoms with Crippen LogP contribution >= 0.6 is 0 Å². The Kier molecular flexibility index (Phi) is 6.44. The van der Waals surface area contributed by atoms with Crippen LogP contribution in [0.3, 0.4) is 0 Å². The molecular weight excluding hydrogens is 477 g/mol. The summed E-state index contributed by atoms with van der Waals surface area (Å²) in [6.07, 6.45) is 5.43. The Morgan fingerprint density at radius 2 is 1.84 bits per heavy atom. The minimum absolute atomic E-state index is 0.0635. The molecule has 1 unspecified atom stereocenters. The van der Waals surface area contributed by atoms with Crippen molar-refractivity contribution in [3.63, 3.8) is 0 Å². The van der Waals surface area contributed by atoms with Gasteiger partial charge < -0.3 is 19.3 Å². The lowest BCUT2D eigenvalue weighted by Crippen LogP contribution is -2.46. The zero-order valence-electron chi connectivity index (χ0n) is 22.3. The third kappa shape index (κ3) is 4.92. The fraction of sp³-hybridized carbons (Fsp3) is 0.607. The van der Waals surface area contributed by atoms with Gasteiger partial charge >= 0.3 is 12.1 Å². The average molecular weight is 514 g/mol. The number of aryl methyl sites for hydroxylation is 1. The van der Waals surface area contributed by atoms with E-state index in [2.05, 4.69) is 0 Å². The Balaban J connectivity index is 1.51. The summed E-state index contributed by atoms with van der Waals surface area (Å²) < 4.78 is 27.8. The summed E-state index contributed by atoms with van der Waals surface area (Å²) in [7, 11) is 0. The number of carbonyl (C=O) groups is 2. The maximum absolute atomic E-state index is 15.7. The summed E-state index contributed by atoms with van der Waals surface area (Å²) in [5.74, 6) is -0.981. The number of halogens is 1. The van der Waals surface area contributed by atoms with Crippen LogP contribution in [0.2, 0.25) is 0 Å². The Bertz CT molecular complexity index is 1310. The second-order valence-electron chi connectivity index (χ2n) is 11.5. The topological polar surface area (TPSA) is 80.6 Å². The molecule has 2 aromatic heterocycles. The molecule has 8 nitrogen and oxygen atoms in total. The number of hydrogen-bond acceptors (Lipinski definition) is 6. The summed E-state index contributed by atoms with van der Waals surface area (Å²) in [5, 5.41) is 0. The lowest BCUT2D eigenvalue weighted by Gasteiger charge is -2.32. The van der Waals surface area contributed by atoms with E-state index in [1.54, 1.807) is 13.0 Å². The zero-order valence-corrected chi connectivity index (χ0v) is 22.3. The molecule has 0 bridgehead atoms. The predicted octanol–water partition coefficient (Wildman–Crippen LogP) is 4.78. The van der Waals surface area contributed by atoms with Crippen LogP contribution in [0.1, 0.15) is 87.2 Å². The van der Waals surface area contributed by atoms with Crippen LogP contribution in [0.15, 0.2) is 17.1 Å². The van der Waals surface area contributed by atoms with Crippen LogP contribution in [0, 0.1) is 12.7 Å². The van der Waals surface area contributed by atoms with Gasteiger partial charge in [0.15, 0.2) is 5.82 Å². The van der Waals surface area contributed by atoms with Gasteiger partial charge in [-0.3, -0.25) is 9.20 Å². The number of esters is 1. The second kappa shape index (κ2) is 9.33. The quantitative estimate of drug-likeness (QED) is 0.518. The van der Waals surface area contributed by atoms with E-state index in [0.717, 1.165) is 31.2 Å². The fourth-order valence-corrected chi connectivity index (χ4v) is 5.53. The van der Waals surface area contributed by atoms with E-state index in [-0.39, 0.29) is 36.3 Å². The van der Waals surface area contributed by atoms with Crippen LogP contribution < -0.4 is 10.5 Å². The highest BCUT2D eigenvalue weighted by Crippen LogP contribution is 2.44. The minimum Gasteiger partial charge on any atom is -0.462 e. The van der Waals surface area contributed by atoms with Crippen molar-refractivity contribution in [2.24, 2.45) is 0 Å². The predicted molar refractivity (Wildman–Crippen MR) is 138 cm³/mol. The monoisotopic (exact) mass is 513 g/mol. The van der Waals surface area contributed by atoms with Gasteiger partial charge in [0.05, 0.1) is 30.0 Å². The van der Waals surface area contributed by atoms with Gasteiger partial charge in [-0.25, -0.2) is 14.0 Å². The van der Waals surface area contributed by atoms with E-state index in [4.69, 9.17) is 9.47 Å². The Morgan fingerprint density at radius 3 is 2.43 bits per heavy atom. The van der Waals surface area contributed by atoms with Crippen molar-refractivity contribution in [2.75, 3.05) is 24.6 Å². The van der Waals surface area contributed by atoms with Crippen LogP contribution in [0.4, 0.5) is 14.9 Å². The normalized spacial score (nSPS) is 19.8. The van der Waals surface area contributed by atoms with Crippen LogP contribution in [-0.4, -0.2) is 58.7 Å². The molecule has 5 rings (SSSR count). The fourth-order valence-electron chi connectivity index (χ4n) is 5.53. The second-order valence-corrected chi connectivity index (χ2v) is 11.5. The van der Waals surface area contributed by atoms with Gasteiger partial charge in [-0.2, -0.15) is 0 Å². The number of hydrogen-bond donors (Lipinski definition) is 0. The number of fused-ring (bicyclic) bond motifs is 1. The van der Waals surface area contributed by atoms with Crippen molar-refractivity contribution in [2.45, 2.75) is 90.3 Å². The highest BCUT2D eigenvalue weighted by Gasteiger charge is 2.43. The Hall–Kier alpha value is -3.10. The first-order valence-corrected chi connectivity index (χ1v) is 13.3. The van der Waals surface area contributed by atoms with E-state index in [0.29, 0.717) is 36.3 Å². The molecule has 2 aromatic rings. The number of ether oxygens (including phenoxy) is 2. The van der Waals surface area contributed by atoms with Gasteiger partial charge in [-0.15, -0.1) is 0 Å². The molecule has 3 heterocycles. The molecule has 1 amide bonds. The number of anilines is 1. The van der Waals surface area contributed by atoms with E-state index in [1.165, 1.54) is 10.6 Å². The standard InChI is InChI=1S/C28H36FN3O5/c1-6-36-26(34)21-13-20(17-7-8-17)23-16(2)24(22(29)15-31(23)25(21)33)30-12-11-19(14-30)32(18-9-10-18)27(35)37-28(3,4)5/h13,15,17-19H,6-12,14H2,1-5H3. The first-order valence-electron chi connectivity index (χ1n) is 13.3. The molecule has 0 radical (unpaired) electrons. The average Bonchev–Trinajstić information content (AvgIpc) is 3.73. The molecule has 0 N–H and O–H groups in total. The molecule has 200 valence electrons. The van der Waals surface area contributed by atoms with E-state index < -0.39 is 22.9 Å². The van der Waals surface area contributed by atoms with Crippen LogP contribution in [-0.2, 0) is 9.47 Å². The largest absolute Gasteiger partial charge is 0.462 e. The van der Waals surface area contributed by atoms with Crippen molar-refractivity contribution >= 4 is 23.3 Å². The van der Waals surface area contributed by atoms with Gasteiger partial charge in [-0.05, 0) is 89.8 Å².